The van der Waals surface area contributed by atoms with Gasteiger partial charge in [0.15, 0.2) is 0 Å². The Hall–Kier alpha value is -0.770. The zero-order valence-electron chi connectivity index (χ0n) is 12.5. The minimum atomic E-state index is -0.276. The summed E-state index contributed by atoms with van der Waals surface area (Å²) in [6.45, 7) is 5.74. The van der Waals surface area contributed by atoms with E-state index in [1.165, 1.54) is 0 Å². The van der Waals surface area contributed by atoms with Gasteiger partial charge in [-0.1, -0.05) is 42.6 Å². The molecule has 5 heteroatoms. The van der Waals surface area contributed by atoms with E-state index in [1.807, 2.05) is 13.0 Å². The van der Waals surface area contributed by atoms with Gasteiger partial charge in [0.2, 0.25) is 5.91 Å². The second-order valence-electron chi connectivity index (χ2n) is 5.82. The largest absolute Gasteiger partial charge is 0.349 e. The van der Waals surface area contributed by atoms with Crippen molar-refractivity contribution in [3.8, 4) is 0 Å². The first-order chi connectivity index (χ1) is 9.98. The van der Waals surface area contributed by atoms with Crippen molar-refractivity contribution >= 4 is 29.1 Å². The molecule has 0 aromatic heterocycles. The number of rotatable bonds is 5. The van der Waals surface area contributed by atoms with Crippen LogP contribution >= 0.6 is 23.2 Å². The Morgan fingerprint density at radius 3 is 2.81 bits per heavy atom. The van der Waals surface area contributed by atoms with E-state index in [4.69, 9.17) is 23.2 Å². The predicted molar refractivity (Wildman–Crippen MR) is 87.8 cm³/mol. The molecule has 3 nitrogen and oxygen atoms in total. The molecule has 0 spiro atoms. The number of carbonyl (C=O) groups excluding carboxylic acids is 1. The molecule has 0 saturated carbocycles. The number of amides is 1. The molecule has 1 aliphatic rings. The molecule has 1 fully saturated rings. The molecular formula is C16H22Cl2N2O. The van der Waals surface area contributed by atoms with Crippen LogP contribution in [0, 0.1) is 5.41 Å². The van der Waals surface area contributed by atoms with Gasteiger partial charge in [-0.05, 0) is 44.0 Å². The molecular weight excluding hydrogens is 307 g/mol. The quantitative estimate of drug-likeness (QED) is 0.859. The second kappa shape index (κ2) is 6.99. The van der Waals surface area contributed by atoms with Crippen LogP contribution in [-0.4, -0.2) is 19.0 Å². The molecule has 1 heterocycles. The maximum atomic E-state index is 12.7. The van der Waals surface area contributed by atoms with Gasteiger partial charge in [-0.2, -0.15) is 0 Å². The summed E-state index contributed by atoms with van der Waals surface area (Å²) in [4.78, 5) is 12.7. The first-order valence-electron chi connectivity index (χ1n) is 7.45. The van der Waals surface area contributed by atoms with E-state index in [1.54, 1.807) is 12.1 Å². The van der Waals surface area contributed by atoms with Gasteiger partial charge in [-0.25, -0.2) is 0 Å². The average molecular weight is 329 g/mol. The number of hydrogen-bond acceptors (Lipinski definition) is 2. The van der Waals surface area contributed by atoms with Crippen LogP contribution in [0.3, 0.4) is 0 Å². The van der Waals surface area contributed by atoms with Crippen LogP contribution in [0.1, 0.15) is 44.7 Å². The van der Waals surface area contributed by atoms with Crippen molar-refractivity contribution in [2.45, 2.75) is 39.2 Å². The zero-order valence-corrected chi connectivity index (χ0v) is 14.0. The summed E-state index contributed by atoms with van der Waals surface area (Å²) in [5.41, 5.74) is 0.620. The average Bonchev–Trinajstić information content (AvgIpc) is 2.88. The second-order valence-corrected chi connectivity index (χ2v) is 6.66. The summed E-state index contributed by atoms with van der Waals surface area (Å²) >= 11 is 12.1. The lowest BCUT2D eigenvalue weighted by Gasteiger charge is -2.29. The molecule has 2 N–H and O–H groups in total. The Kier molecular flexibility index (Phi) is 5.53. The van der Waals surface area contributed by atoms with Gasteiger partial charge in [0.05, 0.1) is 11.5 Å². The monoisotopic (exact) mass is 328 g/mol. The molecule has 2 unspecified atom stereocenters. The van der Waals surface area contributed by atoms with Crippen LogP contribution in [0.5, 0.6) is 0 Å². The van der Waals surface area contributed by atoms with E-state index in [0.717, 1.165) is 37.9 Å². The van der Waals surface area contributed by atoms with Crippen molar-refractivity contribution < 1.29 is 4.79 Å². The van der Waals surface area contributed by atoms with Crippen molar-refractivity contribution in [2.24, 2.45) is 5.41 Å². The third-order valence-corrected chi connectivity index (χ3v) is 4.79. The van der Waals surface area contributed by atoms with E-state index in [0.29, 0.717) is 10.0 Å². The molecule has 1 aromatic rings. The Morgan fingerprint density at radius 1 is 1.48 bits per heavy atom. The highest BCUT2D eigenvalue weighted by atomic mass is 35.5. The molecule has 0 aliphatic carbocycles. The molecule has 1 aromatic carbocycles. The summed E-state index contributed by atoms with van der Waals surface area (Å²) < 4.78 is 0. The fraction of sp³-hybridized carbons (Fsp3) is 0.562. The van der Waals surface area contributed by atoms with E-state index in [-0.39, 0.29) is 17.4 Å². The molecule has 1 saturated heterocycles. The van der Waals surface area contributed by atoms with Crippen LogP contribution in [0.4, 0.5) is 0 Å². The summed E-state index contributed by atoms with van der Waals surface area (Å²) in [7, 11) is 0. The molecule has 0 radical (unpaired) electrons. The Balaban J connectivity index is 2.10. The summed E-state index contributed by atoms with van der Waals surface area (Å²) in [6, 6.07) is 5.25. The van der Waals surface area contributed by atoms with Crippen molar-refractivity contribution in [3.05, 3.63) is 33.8 Å². The van der Waals surface area contributed by atoms with Crippen molar-refractivity contribution in [3.63, 3.8) is 0 Å². The highest BCUT2D eigenvalue weighted by molar-refractivity contribution is 6.35. The van der Waals surface area contributed by atoms with E-state index in [9.17, 15) is 4.79 Å². The first kappa shape index (κ1) is 16.6. The van der Waals surface area contributed by atoms with Crippen LogP contribution in [-0.2, 0) is 4.79 Å². The third-order valence-electron chi connectivity index (χ3n) is 4.23. The predicted octanol–water partition coefficient (Wildman–Crippen LogP) is 3.95. The smallest absolute Gasteiger partial charge is 0.228 e. The lowest BCUT2D eigenvalue weighted by Crippen LogP contribution is -2.43. The topological polar surface area (TPSA) is 41.1 Å². The maximum Gasteiger partial charge on any atom is 0.228 e. The fourth-order valence-electron chi connectivity index (χ4n) is 3.02. The molecule has 116 valence electrons. The third kappa shape index (κ3) is 3.71. The van der Waals surface area contributed by atoms with Gasteiger partial charge in [-0.3, -0.25) is 4.79 Å². The normalized spacial score (nSPS) is 23.0. The van der Waals surface area contributed by atoms with Crippen LogP contribution in [0.25, 0.3) is 0 Å². The minimum absolute atomic E-state index is 0.118. The van der Waals surface area contributed by atoms with Crippen LogP contribution in [0.15, 0.2) is 18.2 Å². The Labute approximate surface area is 136 Å². The molecule has 0 bridgehead atoms. The van der Waals surface area contributed by atoms with Gasteiger partial charge in [0.1, 0.15) is 0 Å². The standard InChI is InChI=1S/C16H22Cl2N2O/c1-3-6-16(7-8-19-10-16)15(21)20-11(2)13-5-4-12(17)9-14(13)18/h4-5,9,11,19H,3,6-8,10H2,1-2H3,(H,20,21). The van der Waals surface area contributed by atoms with E-state index >= 15 is 0 Å². The Morgan fingerprint density at radius 2 is 2.24 bits per heavy atom. The number of benzene rings is 1. The highest BCUT2D eigenvalue weighted by Crippen LogP contribution is 2.33. The number of halogens is 2. The molecule has 2 rings (SSSR count). The molecule has 1 amide bonds. The summed E-state index contributed by atoms with van der Waals surface area (Å²) in [6.07, 6.45) is 2.81. The highest BCUT2D eigenvalue weighted by Gasteiger charge is 2.40. The first-order valence-corrected chi connectivity index (χ1v) is 8.21. The van der Waals surface area contributed by atoms with Gasteiger partial charge >= 0.3 is 0 Å². The van der Waals surface area contributed by atoms with Gasteiger partial charge in [0.25, 0.3) is 0 Å². The van der Waals surface area contributed by atoms with Crippen LogP contribution < -0.4 is 10.6 Å². The number of nitrogens with one attached hydrogen (secondary N) is 2. The van der Waals surface area contributed by atoms with E-state index < -0.39 is 0 Å². The van der Waals surface area contributed by atoms with Gasteiger partial charge in [-0.15, -0.1) is 0 Å². The number of hydrogen-bond donors (Lipinski definition) is 2. The molecule has 21 heavy (non-hydrogen) atoms. The van der Waals surface area contributed by atoms with Crippen LogP contribution in [0.2, 0.25) is 10.0 Å². The SMILES string of the molecule is CCCC1(C(=O)NC(C)c2ccc(Cl)cc2Cl)CCNC1. The van der Waals surface area contributed by atoms with Crippen molar-refractivity contribution in [1.29, 1.82) is 0 Å². The van der Waals surface area contributed by atoms with Crippen molar-refractivity contribution in [1.82, 2.24) is 10.6 Å². The van der Waals surface area contributed by atoms with Crippen molar-refractivity contribution in [2.75, 3.05) is 13.1 Å². The fourth-order valence-corrected chi connectivity index (χ4v) is 3.60. The molecule has 1 aliphatic heterocycles. The van der Waals surface area contributed by atoms with E-state index in [2.05, 4.69) is 17.6 Å². The zero-order chi connectivity index (χ0) is 15.5. The minimum Gasteiger partial charge on any atom is -0.349 e. The lowest BCUT2D eigenvalue weighted by molar-refractivity contribution is -0.131. The van der Waals surface area contributed by atoms with Gasteiger partial charge < -0.3 is 10.6 Å². The molecule has 2 atom stereocenters. The Bertz CT molecular complexity index is 513. The summed E-state index contributed by atoms with van der Waals surface area (Å²) in [5, 5.41) is 7.61. The maximum absolute atomic E-state index is 12.7. The lowest BCUT2D eigenvalue weighted by atomic mass is 9.81. The summed E-state index contributed by atoms with van der Waals surface area (Å²) in [5.74, 6) is 0.118. The number of carbonyl (C=O) groups is 1. The van der Waals surface area contributed by atoms with Gasteiger partial charge in [0, 0.05) is 16.6 Å².